The Morgan fingerprint density at radius 1 is 1.12 bits per heavy atom. The molecule has 2 fully saturated rings. The summed E-state index contributed by atoms with van der Waals surface area (Å²) in [6.45, 7) is 15.4. The van der Waals surface area contributed by atoms with E-state index in [9.17, 15) is 9.59 Å². The highest BCUT2D eigenvalue weighted by Crippen LogP contribution is 2.31. The maximum absolute atomic E-state index is 11.1. The first-order valence-electron chi connectivity index (χ1n) is 8.15. The fourth-order valence-electron chi connectivity index (χ4n) is 2.01. The number of carbonyl (C=O) groups is 2. The smallest absolute Gasteiger partial charge is 0.333 e. The Bertz CT molecular complexity index is 461. The third-order valence-corrected chi connectivity index (χ3v) is 4.29. The first-order valence-corrected chi connectivity index (χ1v) is 8.15. The minimum Gasteiger partial charge on any atom is -0.462 e. The molecule has 24 heavy (non-hydrogen) atoms. The van der Waals surface area contributed by atoms with Gasteiger partial charge in [-0.15, -0.1) is 0 Å². The summed E-state index contributed by atoms with van der Waals surface area (Å²) >= 11 is 0. The van der Waals surface area contributed by atoms with Crippen molar-refractivity contribution in [2.45, 2.75) is 39.2 Å². The molecule has 0 atom stereocenters. The lowest BCUT2D eigenvalue weighted by atomic mass is 9.84. The van der Waals surface area contributed by atoms with Gasteiger partial charge in [0.15, 0.2) is 5.60 Å². The van der Waals surface area contributed by atoms with Crippen LogP contribution < -0.4 is 0 Å². The number of hydrogen-bond acceptors (Lipinski definition) is 6. The molecule has 6 heteroatoms. The summed E-state index contributed by atoms with van der Waals surface area (Å²) in [5.41, 5.74) is 0.157. The second-order valence-electron chi connectivity index (χ2n) is 6.36. The first kappa shape index (κ1) is 20.4. The van der Waals surface area contributed by atoms with Crippen molar-refractivity contribution in [1.29, 1.82) is 0 Å². The molecule has 136 valence electrons. The van der Waals surface area contributed by atoms with Crippen molar-refractivity contribution in [3.05, 3.63) is 24.8 Å². The Kier molecular flexibility index (Phi) is 7.63. The van der Waals surface area contributed by atoms with Gasteiger partial charge in [0, 0.05) is 11.6 Å². The summed E-state index contributed by atoms with van der Waals surface area (Å²) in [5, 5.41) is 0. The van der Waals surface area contributed by atoms with E-state index < -0.39 is 0 Å². The van der Waals surface area contributed by atoms with Crippen molar-refractivity contribution < 1.29 is 28.5 Å². The van der Waals surface area contributed by atoms with E-state index in [1.165, 1.54) is 6.08 Å². The van der Waals surface area contributed by atoms with Crippen LogP contribution in [0.1, 0.15) is 33.6 Å². The van der Waals surface area contributed by atoms with Gasteiger partial charge in [-0.25, -0.2) is 9.59 Å². The Morgan fingerprint density at radius 2 is 1.71 bits per heavy atom. The molecule has 2 rings (SSSR count). The lowest BCUT2D eigenvalue weighted by molar-refractivity contribution is -0.210. The molecule has 0 spiro atoms. The van der Waals surface area contributed by atoms with E-state index in [0.717, 1.165) is 12.8 Å². The summed E-state index contributed by atoms with van der Waals surface area (Å²) in [7, 11) is 0. The van der Waals surface area contributed by atoms with Crippen LogP contribution in [0.3, 0.4) is 0 Å². The van der Waals surface area contributed by atoms with Gasteiger partial charge in [0.1, 0.15) is 6.61 Å². The zero-order valence-electron chi connectivity index (χ0n) is 14.9. The van der Waals surface area contributed by atoms with Crippen LogP contribution in [0.25, 0.3) is 0 Å². The average Bonchev–Trinajstić information content (AvgIpc) is 2.50. The maximum Gasteiger partial charge on any atom is 0.333 e. The highest BCUT2D eigenvalue weighted by molar-refractivity contribution is 5.87. The molecule has 2 saturated heterocycles. The normalized spacial score (nSPS) is 19.5. The van der Waals surface area contributed by atoms with Gasteiger partial charge in [-0.05, 0) is 19.8 Å². The third kappa shape index (κ3) is 5.46. The molecule has 6 nitrogen and oxygen atoms in total. The Hall–Kier alpha value is -1.66. The molecule has 0 amide bonds. The molecule has 0 aromatic carbocycles. The topological polar surface area (TPSA) is 71.1 Å². The van der Waals surface area contributed by atoms with Crippen molar-refractivity contribution in [1.82, 2.24) is 0 Å². The van der Waals surface area contributed by atoms with E-state index in [0.29, 0.717) is 38.6 Å². The molecule has 0 aliphatic carbocycles. The van der Waals surface area contributed by atoms with Crippen LogP contribution in [-0.2, 0) is 28.5 Å². The second kappa shape index (κ2) is 8.99. The standard InChI is InChI=1S/2C9H14O3/c1-4-9(5-11-6-9)12-8(10)7(2)3;1-3-8(10)12-7-9(4-2)5-11-6-9/h2,4-6H2,1,3H3;3H,1,4-7H2,2H3. The van der Waals surface area contributed by atoms with Gasteiger partial charge in [0.05, 0.1) is 31.8 Å². The number of carbonyl (C=O) groups excluding carboxylic acids is 2. The van der Waals surface area contributed by atoms with Gasteiger partial charge in [0.2, 0.25) is 0 Å². The molecule has 2 aliphatic heterocycles. The predicted molar refractivity (Wildman–Crippen MR) is 89.4 cm³/mol. The van der Waals surface area contributed by atoms with Gasteiger partial charge >= 0.3 is 11.9 Å². The fraction of sp³-hybridized carbons (Fsp3) is 0.667. The molecular formula is C18H28O6. The Labute approximate surface area is 143 Å². The predicted octanol–water partition coefficient (Wildman–Crippen LogP) is 2.43. The molecule has 0 bridgehead atoms. The molecule has 0 radical (unpaired) electrons. The first-order chi connectivity index (χ1) is 11.3. The van der Waals surface area contributed by atoms with E-state index in [1.54, 1.807) is 6.92 Å². The fourth-order valence-corrected chi connectivity index (χ4v) is 2.01. The van der Waals surface area contributed by atoms with E-state index in [1.807, 2.05) is 6.92 Å². The highest BCUT2D eigenvalue weighted by atomic mass is 16.6. The van der Waals surface area contributed by atoms with Crippen LogP contribution in [0.2, 0.25) is 0 Å². The second-order valence-corrected chi connectivity index (χ2v) is 6.36. The minimum absolute atomic E-state index is 0.0820. The molecule has 0 unspecified atom stereocenters. The van der Waals surface area contributed by atoms with Crippen LogP contribution in [0.4, 0.5) is 0 Å². The molecular weight excluding hydrogens is 312 g/mol. The van der Waals surface area contributed by atoms with Crippen LogP contribution in [0, 0.1) is 5.41 Å². The van der Waals surface area contributed by atoms with Gasteiger partial charge in [0.25, 0.3) is 0 Å². The molecule has 0 aromatic rings. The van der Waals surface area contributed by atoms with Gasteiger partial charge in [-0.2, -0.15) is 0 Å². The zero-order chi connectivity index (χ0) is 18.2. The largest absolute Gasteiger partial charge is 0.462 e. The van der Waals surface area contributed by atoms with Crippen LogP contribution in [0.15, 0.2) is 24.8 Å². The molecule has 0 saturated carbocycles. The van der Waals surface area contributed by atoms with Crippen LogP contribution in [-0.4, -0.2) is 50.6 Å². The van der Waals surface area contributed by atoms with Crippen LogP contribution >= 0.6 is 0 Å². The monoisotopic (exact) mass is 340 g/mol. The maximum atomic E-state index is 11.1. The Morgan fingerprint density at radius 3 is 2.00 bits per heavy atom. The number of rotatable bonds is 7. The molecule has 2 heterocycles. The Balaban J connectivity index is 0.000000240. The van der Waals surface area contributed by atoms with E-state index >= 15 is 0 Å². The zero-order valence-corrected chi connectivity index (χ0v) is 14.9. The van der Waals surface area contributed by atoms with E-state index in [2.05, 4.69) is 20.1 Å². The van der Waals surface area contributed by atoms with Crippen molar-refractivity contribution in [2.75, 3.05) is 33.0 Å². The summed E-state index contributed by atoms with van der Waals surface area (Å²) in [6, 6.07) is 0. The lowest BCUT2D eigenvalue weighted by Crippen LogP contribution is -2.52. The number of ether oxygens (including phenoxy) is 4. The van der Waals surface area contributed by atoms with E-state index in [-0.39, 0.29) is 23.0 Å². The highest BCUT2D eigenvalue weighted by Gasteiger charge is 2.40. The lowest BCUT2D eigenvalue weighted by Gasteiger charge is -2.39. The summed E-state index contributed by atoms with van der Waals surface area (Å²) in [5.74, 6) is -0.671. The van der Waals surface area contributed by atoms with E-state index in [4.69, 9.17) is 18.9 Å². The van der Waals surface area contributed by atoms with Gasteiger partial charge < -0.3 is 18.9 Å². The van der Waals surface area contributed by atoms with Crippen molar-refractivity contribution in [3.8, 4) is 0 Å². The SMILES string of the molecule is C=C(C)C(=O)OC1(CC)COC1.C=CC(=O)OCC1(CC)COC1. The molecule has 0 N–H and O–H groups in total. The van der Waals surface area contributed by atoms with Gasteiger partial charge in [-0.3, -0.25) is 0 Å². The number of hydrogen-bond donors (Lipinski definition) is 0. The van der Waals surface area contributed by atoms with Crippen molar-refractivity contribution in [2.24, 2.45) is 5.41 Å². The number of esters is 2. The summed E-state index contributed by atoms with van der Waals surface area (Å²) in [6.07, 6.45) is 2.96. The molecule has 0 aromatic heterocycles. The molecule has 2 aliphatic rings. The quantitative estimate of drug-likeness (QED) is 0.524. The average molecular weight is 340 g/mol. The third-order valence-electron chi connectivity index (χ3n) is 4.29. The summed E-state index contributed by atoms with van der Waals surface area (Å²) < 4.78 is 20.3. The summed E-state index contributed by atoms with van der Waals surface area (Å²) in [4.78, 5) is 21.9. The van der Waals surface area contributed by atoms with Gasteiger partial charge in [-0.1, -0.05) is 27.0 Å². The van der Waals surface area contributed by atoms with Crippen molar-refractivity contribution in [3.63, 3.8) is 0 Å². The van der Waals surface area contributed by atoms with Crippen molar-refractivity contribution >= 4 is 11.9 Å². The van der Waals surface area contributed by atoms with Crippen LogP contribution in [0.5, 0.6) is 0 Å². The minimum atomic E-state index is -0.365.